The summed E-state index contributed by atoms with van der Waals surface area (Å²) >= 11 is 0. The lowest BCUT2D eigenvalue weighted by molar-refractivity contribution is -0.134. The number of nitrogens with one attached hydrogen (secondary N) is 2. The van der Waals surface area contributed by atoms with E-state index in [1.807, 2.05) is 11.7 Å². The van der Waals surface area contributed by atoms with Gasteiger partial charge in [-0.3, -0.25) is 34.3 Å². The highest BCUT2D eigenvalue weighted by Gasteiger charge is 2.49. The van der Waals surface area contributed by atoms with Crippen molar-refractivity contribution in [2.45, 2.75) is 75.3 Å². The first-order valence-corrected chi connectivity index (χ1v) is 26.3. The predicted molar refractivity (Wildman–Crippen MR) is 273 cm³/mol. The van der Waals surface area contributed by atoms with Gasteiger partial charge in [0.2, 0.25) is 17.7 Å². The van der Waals surface area contributed by atoms with Gasteiger partial charge in [0.15, 0.2) is 5.82 Å². The van der Waals surface area contributed by atoms with Gasteiger partial charge in [0.25, 0.3) is 0 Å². The number of likely N-dealkylation sites (tertiary alicyclic amines) is 3. The van der Waals surface area contributed by atoms with Gasteiger partial charge in [0.1, 0.15) is 28.6 Å². The number of aromatic nitrogens is 5. The van der Waals surface area contributed by atoms with Crippen LogP contribution >= 0.6 is 0 Å². The number of phenolic OH excluding ortho intramolecular Hbond substituents is 1. The summed E-state index contributed by atoms with van der Waals surface area (Å²) in [6, 6.07) is 12.6. The molecule has 0 spiro atoms. The van der Waals surface area contributed by atoms with E-state index in [1.54, 1.807) is 6.20 Å². The Morgan fingerprint density at radius 1 is 0.919 bits per heavy atom. The van der Waals surface area contributed by atoms with Gasteiger partial charge in [-0.1, -0.05) is 24.1 Å². The fourth-order valence-electron chi connectivity index (χ4n) is 13.4. The maximum atomic E-state index is 17.2. The molecule has 5 unspecified atom stereocenters. The Morgan fingerprint density at radius 3 is 2.42 bits per heavy atom. The quantitative estimate of drug-likeness (QED) is 0.109. The first-order chi connectivity index (χ1) is 35.9. The Hall–Kier alpha value is -6.81. The topological polar surface area (TPSA) is 174 Å². The molecular formula is C56H59F2N11O5. The molecule has 6 aromatic rings. The van der Waals surface area contributed by atoms with Crippen molar-refractivity contribution in [1.82, 2.24) is 50.1 Å². The van der Waals surface area contributed by atoms with Gasteiger partial charge in [-0.15, -0.1) is 6.42 Å². The molecule has 7 fully saturated rings. The van der Waals surface area contributed by atoms with Crippen molar-refractivity contribution in [3.63, 3.8) is 0 Å². The number of nitrogens with zero attached hydrogens (tertiary/aromatic N) is 9. The Bertz CT molecular complexity index is 3320. The third-order valence-corrected chi connectivity index (χ3v) is 17.4. The van der Waals surface area contributed by atoms with Crippen LogP contribution in [-0.4, -0.2) is 146 Å². The normalized spacial score (nSPS) is 25.0. The number of piperidine rings is 2. The summed E-state index contributed by atoms with van der Waals surface area (Å²) in [5, 5.41) is 23.7. The highest BCUT2D eigenvalue weighted by atomic mass is 19.1. The zero-order chi connectivity index (χ0) is 50.6. The van der Waals surface area contributed by atoms with Crippen LogP contribution in [0.1, 0.15) is 80.0 Å². The number of rotatable bonds is 11. The zero-order valence-electron chi connectivity index (χ0n) is 41.5. The van der Waals surface area contributed by atoms with Crippen molar-refractivity contribution in [3.8, 4) is 35.4 Å². The lowest BCUT2D eigenvalue weighted by atomic mass is 9.88. The smallest absolute Gasteiger partial charge is 0.319 e. The Balaban J connectivity index is 0.644. The third-order valence-electron chi connectivity index (χ3n) is 17.4. The standard InChI is InChI=1S/C56H59F2N11O5/c1-3-39-44(57)10-5-33-18-38(70)20-42(48(33)39)51-49(58)52-43(21-59-51)53(69-26-36-6-7-37(27-69)60-36)63-55(62-52)74-30-56(14-15-56)29-67-22-34-24-68(25-35(34)23-67)47(72)28-66-16-12-31(13-17-66)32-4-8-40-45(19-32)65(2)64-50(40)41-9-11-46(71)61-54(41)73/h1,4-5,8,10,18-21,31,34-37,41,60,70H,6-7,9,11-17,22-30H2,2H3,(H,61,71,73). The first-order valence-electron chi connectivity index (χ1n) is 26.3. The van der Waals surface area contributed by atoms with Crippen LogP contribution in [0, 0.1) is 41.2 Å². The van der Waals surface area contributed by atoms with Crippen molar-refractivity contribution < 1.29 is 33.0 Å². The number of pyridine rings is 1. The van der Waals surface area contributed by atoms with E-state index < -0.39 is 17.6 Å². The molecule has 0 radical (unpaired) electrons. The number of fused-ring (bicyclic) bond motifs is 6. The van der Waals surface area contributed by atoms with E-state index in [2.05, 4.69) is 59.3 Å². The second kappa shape index (κ2) is 18.2. The number of carbonyl (C=O) groups is 3. The fraction of sp³-hybridized carbons (Fsp3) is 0.482. The number of carbonyl (C=O) groups excluding carboxylic acids is 3. The molecule has 9 heterocycles. The summed E-state index contributed by atoms with van der Waals surface area (Å²) in [6.07, 6.45) is 14.1. The number of terminal acetylenes is 1. The van der Waals surface area contributed by atoms with Gasteiger partial charge in [-0.2, -0.15) is 15.1 Å². The first kappa shape index (κ1) is 46.9. The average molecular weight is 1000 g/mol. The minimum atomic E-state index is -0.740. The fourth-order valence-corrected chi connectivity index (χ4v) is 13.4. The number of hydrogen-bond donors (Lipinski definition) is 3. The Labute approximate surface area is 426 Å². The molecule has 74 heavy (non-hydrogen) atoms. The monoisotopic (exact) mass is 1000 g/mol. The molecule has 18 heteroatoms. The van der Waals surface area contributed by atoms with E-state index in [0.717, 1.165) is 101 Å². The molecule has 13 rings (SSSR count). The molecule has 3 N–H and O–H groups in total. The molecule has 3 aromatic heterocycles. The number of ether oxygens (including phenoxy) is 1. The molecule has 3 amide bonds. The maximum Gasteiger partial charge on any atom is 0.319 e. The van der Waals surface area contributed by atoms with Crippen LogP contribution in [-0.2, 0) is 21.4 Å². The molecular weight excluding hydrogens is 945 g/mol. The van der Waals surface area contributed by atoms with E-state index in [9.17, 15) is 19.5 Å². The summed E-state index contributed by atoms with van der Waals surface area (Å²) in [5.74, 6) is 1.93. The van der Waals surface area contributed by atoms with Gasteiger partial charge in [-0.05, 0) is 111 Å². The van der Waals surface area contributed by atoms with Crippen molar-refractivity contribution in [2.75, 3.05) is 77.0 Å². The Kier molecular flexibility index (Phi) is 11.6. The number of hydrogen-bond acceptors (Lipinski definition) is 13. The van der Waals surface area contributed by atoms with E-state index in [4.69, 9.17) is 26.2 Å². The number of halogens is 2. The van der Waals surface area contributed by atoms with Crippen LogP contribution < -0.4 is 20.3 Å². The molecule has 1 aliphatic carbocycles. The van der Waals surface area contributed by atoms with Crippen molar-refractivity contribution >= 4 is 56.1 Å². The predicted octanol–water partition coefficient (Wildman–Crippen LogP) is 5.59. The molecule has 2 bridgehead atoms. The summed E-state index contributed by atoms with van der Waals surface area (Å²) in [6.45, 7) is 8.16. The van der Waals surface area contributed by atoms with Crippen LogP contribution in [0.2, 0.25) is 0 Å². The Morgan fingerprint density at radius 2 is 1.69 bits per heavy atom. The lowest BCUT2D eigenvalue weighted by Crippen LogP contribution is -2.51. The van der Waals surface area contributed by atoms with E-state index in [1.165, 1.54) is 29.8 Å². The van der Waals surface area contributed by atoms with Gasteiger partial charge in [-0.25, -0.2) is 8.78 Å². The summed E-state index contributed by atoms with van der Waals surface area (Å²) in [4.78, 5) is 61.5. The number of piperazine rings is 1. The van der Waals surface area contributed by atoms with Gasteiger partial charge < -0.3 is 29.9 Å². The maximum absolute atomic E-state index is 17.2. The minimum Gasteiger partial charge on any atom is -0.508 e. The van der Waals surface area contributed by atoms with Gasteiger partial charge in [0.05, 0.1) is 41.2 Å². The molecule has 6 aliphatic heterocycles. The van der Waals surface area contributed by atoms with Crippen LogP contribution in [0.3, 0.4) is 0 Å². The van der Waals surface area contributed by atoms with Crippen molar-refractivity contribution in [2.24, 2.45) is 24.3 Å². The molecule has 16 nitrogen and oxygen atoms in total. The number of aryl methyl sites for hydroxylation is 1. The SMILES string of the molecule is C#Cc1c(F)ccc2cc(O)cc(-c3ncc4c(N5CC6CCC(C5)N6)nc(OCC5(CN6CC7CN(C(=O)CN8CCC(c9ccc%10c(C%11CCC(=O)NC%11=O)nn(C)c%10c9)CC8)CC7C6)CC5)nc4c3F)c12. The number of imide groups is 1. The van der Waals surface area contributed by atoms with Gasteiger partial charge in [0, 0.05) is 99.3 Å². The van der Waals surface area contributed by atoms with E-state index in [0.29, 0.717) is 73.4 Å². The van der Waals surface area contributed by atoms with Crippen LogP contribution in [0.15, 0.2) is 48.7 Å². The number of amides is 3. The molecule has 5 atom stereocenters. The molecule has 7 aliphatic rings. The largest absolute Gasteiger partial charge is 0.508 e. The minimum absolute atomic E-state index is 0.0282. The van der Waals surface area contributed by atoms with E-state index in [-0.39, 0.29) is 74.7 Å². The average Bonchev–Trinajstić information content (AvgIpc) is 3.57. The third kappa shape index (κ3) is 8.46. The van der Waals surface area contributed by atoms with Gasteiger partial charge >= 0.3 is 6.01 Å². The van der Waals surface area contributed by atoms with Crippen LogP contribution in [0.25, 0.3) is 43.8 Å². The van der Waals surface area contributed by atoms with E-state index >= 15 is 8.78 Å². The lowest BCUT2D eigenvalue weighted by Gasteiger charge is -2.34. The highest BCUT2D eigenvalue weighted by Crippen LogP contribution is 2.48. The molecule has 1 saturated carbocycles. The van der Waals surface area contributed by atoms with Crippen molar-refractivity contribution in [1.29, 1.82) is 0 Å². The molecule has 6 saturated heterocycles. The zero-order valence-corrected chi connectivity index (χ0v) is 41.5. The number of aromatic hydroxyl groups is 1. The summed E-state index contributed by atoms with van der Waals surface area (Å²) < 4.78 is 40.6. The molecule has 3 aromatic carbocycles. The summed E-state index contributed by atoms with van der Waals surface area (Å²) in [5.41, 5.74) is 2.89. The van der Waals surface area contributed by atoms with Crippen LogP contribution in [0.5, 0.6) is 11.8 Å². The second-order valence-corrected chi connectivity index (χ2v) is 22.4. The highest BCUT2D eigenvalue weighted by molar-refractivity contribution is 6.04. The second-order valence-electron chi connectivity index (χ2n) is 22.4. The number of phenols is 1. The van der Waals surface area contributed by atoms with Crippen LogP contribution in [0.4, 0.5) is 14.6 Å². The number of benzene rings is 3. The summed E-state index contributed by atoms with van der Waals surface area (Å²) in [7, 11) is 1.90. The molecule has 382 valence electrons. The number of anilines is 1. The van der Waals surface area contributed by atoms with Crippen molar-refractivity contribution in [3.05, 3.63) is 77.1 Å².